The Kier molecular flexibility index (Phi) is 4.11. The molecule has 1 aromatic rings. The third-order valence-electron chi connectivity index (χ3n) is 1.38. The molecule has 0 atom stereocenters. The zero-order valence-corrected chi connectivity index (χ0v) is 9.96. The molecule has 0 saturated carbocycles. The number of pyridine rings is 1. The molecule has 0 aliphatic carbocycles. The largest absolute Gasteiger partial charge is 0.503 e. The quantitative estimate of drug-likeness (QED) is 0.722. The molecule has 72 valence electrons. The van der Waals surface area contributed by atoms with Crippen molar-refractivity contribution < 1.29 is 27.0 Å². The van der Waals surface area contributed by atoms with E-state index in [9.17, 15) is 8.40 Å². The van der Waals surface area contributed by atoms with Crippen LogP contribution in [0.15, 0.2) is 12.3 Å². The Morgan fingerprint density at radius 1 is 1.62 bits per heavy atom. The van der Waals surface area contributed by atoms with Gasteiger partial charge in [0.15, 0.2) is 0 Å². The molecule has 0 saturated heterocycles. The summed E-state index contributed by atoms with van der Waals surface area (Å²) in [7, 11) is 0. The van der Waals surface area contributed by atoms with Crippen molar-refractivity contribution in [2.24, 2.45) is 0 Å². The van der Waals surface area contributed by atoms with E-state index in [1.807, 2.05) is 6.07 Å². The summed E-state index contributed by atoms with van der Waals surface area (Å²) in [5.41, 5.74) is 1.70. The first-order valence-electron chi connectivity index (χ1n) is 3.39. The van der Waals surface area contributed by atoms with Crippen LogP contribution >= 0.6 is 15.9 Å². The highest BCUT2D eigenvalue weighted by Crippen LogP contribution is 2.17. The van der Waals surface area contributed by atoms with Gasteiger partial charge < -0.3 is 8.40 Å². The van der Waals surface area contributed by atoms with Gasteiger partial charge in [0.1, 0.15) is 0 Å². The number of rotatable bonds is 3. The number of hydrogen-bond acceptors (Lipinski definition) is 4. The molecule has 0 aliphatic rings. The molecule has 0 radical (unpaired) electrons. The fourth-order valence-corrected chi connectivity index (χ4v) is 1.73. The SMILES string of the molecule is Cc1cc(CBr)cnc1O[Br+2]([O-])[O-]. The summed E-state index contributed by atoms with van der Waals surface area (Å²) < 4.78 is 25.1. The lowest BCUT2D eigenvalue weighted by molar-refractivity contribution is -1.62. The number of aryl methyl sites for hydroxylation is 1. The Hall–Kier alpha value is -0.170. The summed E-state index contributed by atoms with van der Waals surface area (Å²) in [5.74, 6) is 0.157. The molecule has 1 heterocycles. The van der Waals surface area contributed by atoms with Gasteiger partial charge in [-0.25, -0.2) is 4.98 Å². The van der Waals surface area contributed by atoms with Crippen LogP contribution in [0.4, 0.5) is 0 Å². The van der Waals surface area contributed by atoms with Crippen LogP contribution in [0.1, 0.15) is 11.1 Å². The van der Waals surface area contributed by atoms with Crippen molar-refractivity contribution in [3.63, 3.8) is 0 Å². The van der Waals surface area contributed by atoms with Gasteiger partial charge in [0.25, 0.3) is 0 Å². The normalized spacial score (nSPS) is 10.5. The smallest absolute Gasteiger partial charge is 0.361 e. The summed E-state index contributed by atoms with van der Waals surface area (Å²) in [5, 5.41) is 0.688. The van der Waals surface area contributed by atoms with Crippen molar-refractivity contribution in [3.05, 3.63) is 23.4 Å². The molecule has 13 heavy (non-hydrogen) atoms. The number of nitrogens with zero attached hydrogens (tertiary/aromatic N) is 1. The van der Waals surface area contributed by atoms with E-state index in [0.717, 1.165) is 5.56 Å². The van der Waals surface area contributed by atoms with Crippen molar-refractivity contribution in [1.82, 2.24) is 4.98 Å². The number of alkyl halides is 1. The summed E-state index contributed by atoms with van der Waals surface area (Å²) in [4.78, 5) is 3.86. The number of aromatic nitrogens is 1. The van der Waals surface area contributed by atoms with E-state index >= 15 is 0 Å². The summed E-state index contributed by atoms with van der Waals surface area (Å²) in [6.07, 6.45) is 1.57. The molecular weight excluding hydrogens is 306 g/mol. The van der Waals surface area contributed by atoms with Crippen molar-refractivity contribution >= 4 is 15.9 Å². The van der Waals surface area contributed by atoms with E-state index in [1.54, 1.807) is 13.1 Å². The Balaban J connectivity index is 2.85. The van der Waals surface area contributed by atoms with Gasteiger partial charge in [-0.3, -0.25) is 0 Å². The molecule has 0 N–H and O–H groups in total. The van der Waals surface area contributed by atoms with Gasteiger partial charge in [0, 0.05) is 17.1 Å². The zero-order valence-electron chi connectivity index (χ0n) is 6.79. The van der Waals surface area contributed by atoms with Crippen molar-refractivity contribution in [2.75, 3.05) is 0 Å². The molecule has 1 aromatic heterocycles. The fourth-order valence-electron chi connectivity index (χ4n) is 0.834. The Morgan fingerprint density at radius 2 is 2.31 bits per heavy atom. The van der Waals surface area contributed by atoms with Gasteiger partial charge in [0.05, 0.1) is 0 Å². The van der Waals surface area contributed by atoms with Crippen LogP contribution in [-0.2, 0) is 5.33 Å². The predicted octanol–water partition coefficient (Wildman–Crippen LogP) is -0.250. The molecule has 1 rings (SSSR count). The fraction of sp³-hybridized carbons (Fsp3) is 0.286. The van der Waals surface area contributed by atoms with Crippen LogP contribution in [0, 0.1) is 21.7 Å². The summed E-state index contributed by atoms with van der Waals surface area (Å²) >= 11 is 0.0466. The maximum Gasteiger partial charge on any atom is 0.503 e. The lowest BCUT2D eigenvalue weighted by Gasteiger charge is -2.00. The van der Waals surface area contributed by atoms with E-state index in [2.05, 4.69) is 24.7 Å². The lowest BCUT2D eigenvalue weighted by atomic mass is 10.2. The van der Waals surface area contributed by atoms with E-state index < -0.39 is 14.8 Å². The molecule has 6 heteroatoms. The number of halogens is 2. The van der Waals surface area contributed by atoms with Gasteiger partial charge in [-0.1, -0.05) is 15.9 Å². The minimum atomic E-state index is -3.22. The van der Waals surface area contributed by atoms with Crippen molar-refractivity contribution in [3.8, 4) is 5.88 Å². The highest BCUT2D eigenvalue weighted by Gasteiger charge is 2.16. The highest BCUT2D eigenvalue weighted by atomic mass is 80.0. The van der Waals surface area contributed by atoms with Gasteiger partial charge in [-0.2, -0.15) is 0 Å². The zero-order chi connectivity index (χ0) is 9.84. The van der Waals surface area contributed by atoms with E-state index in [1.165, 1.54) is 0 Å². The molecule has 0 spiro atoms. The van der Waals surface area contributed by atoms with E-state index in [4.69, 9.17) is 0 Å². The molecule has 4 nitrogen and oxygen atoms in total. The average Bonchev–Trinajstić information content (AvgIpc) is 2.08. The maximum absolute atomic E-state index is 10.3. The van der Waals surface area contributed by atoms with E-state index in [0.29, 0.717) is 10.9 Å². The third-order valence-corrected chi connectivity index (χ3v) is 2.60. The van der Waals surface area contributed by atoms with Crippen LogP contribution in [0.2, 0.25) is 0 Å². The average molecular weight is 313 g/mol. The van der Waals surface area contributed by atoms with E-state index in [-0.39, 0.29) is 5.88 Å². The first kappa shape index (κ1) is 10.9. The molecular formula is C7H7Br2NO3. The molecule has 0 aliphatic heterocycles. The molecule has 0 aromatic carbocycles. The minimum Gasteiger partial charge on any atom is -0.361 e. The van der Waals surface area contributed by atoms with Crippen LogP contribution in [-0.4, -0.2) is 4.98 Å². The first-order valence-corrected chi connectivity index (χ1v) is 6.45. The topological polar surface area (TPSA) is 68.2 Å². The first-order chi connectivity index (χ1) is 6.13. The van der Waals surface area contributed by atoms with Crippen LogP contribution in [0.5, 0.6) is 5.88 Å². The molecule has 0 bridgehead atoms. The monoisotopic (exact) mass is 311 g/mol. The summed E-state index contributed by atoms with van der Waals surface area (Å²) in [6.45, 7) is 1.75. The highest BCUT2D eigenvalue weighted by molar-refractivity contribution is 9.08. The van der Waals surface area contributed by atoms with Crippen molar-refractivity contribution in [2.45, 2.75) is 12.3 Å². The minimum absolute atomic E-state index is 0.157. The lowest BCUT2D eigenvalue weighted by Crippen LogP contribution is -2.37. The van der Waals surface area contributed by atoms with Crippen LogP contribution in [0.25, 0.3) is 0 Å². The Labute approximate surface area is 89.5 Å². The molecule has 0 fully saturated rings. The van der Waals surface area contributed by atoms with Gasteiger partial charge in [0.2, 0.25) is 0 Å². The van der Waals surface area contributed by atoms with Crippen molar-refractivity contribution in [1.29, 1.82) is 0 Å². The Morgan fingerprint density at radius 3 is 2.77 bits per heavy atom. The summed E-state index contributed by atoms with van der Waals surface area (Å²) in [6, 6.07) is 1.82. The van der Waals surface area contributed by atoms with Crippen LogP contribution < -0.4 is 12.2 Å². The van der Waals surface area contributed by atoms with Gasteiger partial charge in [-0.05, 0) is 18.6 Å². The Bertz CT molecular complexity index is 293. The third kappa shape index (κ3) is 3.22. The van der Waals surface area contributed by atoms with Crippen LogP contribution in [0.3, 0.4) is 0 Å². The molecule has 0 amide bonds. The maximum atomic E-state index is 10.3. The predicted molar refractivity (Wildman–Crippen MR) is 42.2 cm³/mol. The van der Waals surface area contributed by atoms with Gasteiger partial charge >= 0.3 is 20.7 Å². The molecule has 0 unspecified atom stereocenters. The van der Waals surface area contributed by atoms with Gasteiger partial charge in [-0.15, -0.1) is 3.83 Å². The second kappa shape index (κ2) is 4.90. The second-order valence-corrected chi connectivity index (χ2v) is 4.04. The number of hydrogen-bond donors (Lipinski definition) is 0. The standard InChI is InChI=1S/C7H7Br2NO3/c1-5-2-6(3-8)4-10-7(5)13-9(11)12/h2,4H,3H2,1H3. The second-order valence-electron chi connectivity index (χ2n) is 2.37.